The van der Waals surface area contributed by atoms with Gasteiger partial charge in [-0.05, 0) is 23.6 Å². The molecule has 0 bridgehead atoms. The number of hydrogen-bond acceptors (Lipinski definition) is 3. The van der Waals surface area contributed by atoms with Crippen molar-refractivity contribution in [1.82, 2.24) is 20.0 Å². The molecule has 1 fully saturated rings. The van der Waals surface area contributed by atoms with Gasteiger partial charge in [-0.2, -0.15) is 5.10 Å². The lowest BCUT2D eigenvalue weighted by Crippen LogP contribution is -2.47. The first-order valence-corrected chi connectivity index (χ1v) is 7.88. The molecular formula is C17H24N4. The third kappa shape index (κ3) is 3.52. The van der Waals surface area contributed by atoms with E-state index < -0.39 is 0 Å². The molecule has 21 heavy (non-hydrogen) atoms. The summed E-state index contributed by atoms with van der Waals surface area (Å²) in [5.41, 5.74) is 2.82. The van der Waals surface area contributed by atoms with Crippen molar-refractivity contribution < 1.29 is 0 Å². The van der Waals surface area contributed by atoms with Crippen LogP contribution in [-0.4, -0.2) is 40.9 Å². The summed E-state index contributed by atoms with van der Waals surface area (Å²) >= 11 is 0. The van der Waals surface area contributed by atoms with Gasteiger partial charge in [0, 0.05) is 44.6 Å². The van der Waals surface area contributed by atoms with Crippen molar-refractivity contribution in [2.24, 2.45) is 0 Å². The molecule has 4 heteroatoms. The number of nitrogens with zero attached hydrogens (tertiary/aromatic N) is 3. The minimum Gasteiger partial charge on any atom is -0.314 e. The molecule has 1 atom stereocenters. The first kappa shape index (κ1) is 14.3. The molecule has 0 radical (unpaired) electrons. The molecule has 4 nitrogen and oxygen atoms in total. The fourth-order valence-electron chi connectivity index (χ4n) is 2.98. The van der Waals surface area contributed by atoms with Crippen molar-refractivity contribution in [2.75, 3.05) is 26.2 Å². The molecule has 2 aromatic rings. The Morgan fingerprint density at radius 1 is 1.24 bits per heavy atom. The van der Waals surface area contributed by atoms with E-state index in [4.69, 9.17) is 0 Å². The van der Waals surface area contributed by atoms with Crippen LogP contribution in [0.1, 0.15) is 24.1 Å². The van der Waals surface area contributed by atoms with Crippen molar-refractivity contribution in [2.45, 2.75) is 25.9 Å². The van der Waals surface area contributed by atoms with Crippen LogP contribution in [0.5, 0.6) is 0 Å². The molecule has 0 amide bonds. The lowest BCUT2D eigenvalue weighted by molar-refractivity contribution is 0.154. The van der Waals surface area contributed by atoms with Crippen molar-refractivity contribution in [1.29, 1.82) is 0 Å². The summed E-state index contributed by atoms with van der Waals surface area (Å²) in [5.74, 6) is 0. The zero-order valence-corrected chi connectivity index (χ0v) is 12.7. The smallest absolute Gasteiger partial charge is 0.0536 e. The summed E-state index contributed by atoms with van der Waals surface area (Å²) in [6.07, 6.45) is 4.98. The van der Waals surface area contributed by atoms with Crippen LogP contribution in [0, 0.1) is 0 Å². The van der Waals surface area contributed by atoms with Gasteiger partial charge in [-0.15, -0.1) is 0 Å². The molecule has 3 rings (SSSR count). The zero-order chi connectivity index (χ0) is 14.5. The minimum atomic E-state index is 0.472. The van der Waals surface area contributed by atoms with Crippen LogP contribution in [0.2, 0.25) is 0 Å². The molecule has 1 saturated heterocycles. The normalized spacial score (nSPS) is 19.8. The quantitative estimate of drug-likeness (QED) is 0.912. The standard InChI is InChI=1S/C17H24N4/c1-2-15-4-6-16(7-5-15)17-14-18-9-11-20(17)12-13-21-10-3-8-19-21/h3-8,10,17-18H,2,9,11-14H2,1H3. The molecule has 0 saturated carbocycles. The van der Waals surface area contributed by atoms with Crippen molar-refractivity contribution in [3.8, 4) is 0 Å². The molecule has 1 aliphatic rings. The summed E-state index contributed by atoms with van der Waals surface area (Å²) in [6, 6.07) is 11.6. The molecule has 1 aromatic carbocycles. The Bertz CT molecular complexity index is 532. The fraction of sp³-hybridized carbons (Fsp3) is 0.471. The molecule has 0 aliphatic carbocycles. The van der Waals surface area contributed by atoms with Gasteiger partial charge < -0.3 is 5.32 Å². The van der Waals surface area contributed by atoms with E-state index in [2.05, 4.69) is 46.5 Å². The Morgan fingerprint density at radius 3 is 2.81 bits per heavy atom. The van der Waals surface area contributed by atoms with Gasteiger partial charge in [0.2, 0.25) is 0 Å². The second-order valence-corrected chi connectivity index (χ2v) is 5.62. The van der Waals surface area contributed by atoms with E-state index >= 15 is 0 Å². The van der Waals surface area contributed by atoms with E-state index in [0.29, 0.717) is 6.04 Å². The van der Waals surface area contributed by atoms with Gasteiger partial charge in [-0.25, -0.2) is 0 Å². The Hall–Kier alpha value is -1.65. The zero-order valence-electron chi connectivity index (χ0n) is 12.7. The lowest BCUT2D eigenvalue weighted by atomic mass is 10.0. The molecule has 112 valence electrons. The highest BCUT2D eigenvalue weighted by Gasteiger charge is 2.23. The van der Waals surface area contributed by atoms with E-state index in [1.807, 2.05) is 23.1 Å². The molecule has 2 heterocycles. The maximum absolute atomic E-state index is 4.30. The van der Waals surface area contributed by atoms with Gasteiger partial charge in [0.05, 0.1) is 6.54 Å². The summed E-state index contributed by atoms with van der Waals surface area (Å²) < 4.78 is 2.01. The van der Waals surface area contributed by atoms with Crippen LogP contribution >= 0.6 is 0 Å². The van der Waals surface area contributed by atoms with E-state index in [0.717, 1.165) is 39.1 Å². The highest BCUT2D eigenvalue weighted by molar-refractivity contribution is 5.25. The van der Waals surface area contributed by atoms with Gasteiger partial charge in [0.15, 0.2) is 0 Å². The Labute approximate surface area is 126 Å². The van der Waals surface area contributed by atoms with E-state index in [1.165, 1.54) is 11.1 Å². The average Bonchev–Trinajstić information content (AvgIpc) is 3.07. The second-order valence-electron chi connectivity index (χ2n) is 5.62. The maximum Gasteiger partial charge on any atom is 0.0536 e. The van der Waals surface area contributed by atoms with Gasteiger partial charge >= 0.3 is 0 Å². The van der Waals surface area contributed by atoms with E-state index in [9.17, 15) is 0 Å². The number of nitrogens with one attached hydrogen (secondary N) is 1. The van der Waals surface area contributed by atoms with Crippen molar-refractivity contribution in [3.05, 3.63) is 53.9 Å². The second kappa shape index (κ2) is 6.87. The molecular weight excluding hydrogens is 260 g/mol. The summed E-state index contributed by atoms with van der Waals surface area (Å²) in [6.45, 7) is 7.41. The number of piperazine rings is 1. The first-order chi connectivity index (χ1) is 10.4. The van der Waals surface area contributed by atoms with Gasteiger partial charge in [-0.3, -0.25) is 9.58 Å². The molecule has 1 N–H and O–H groups in total. The number of benzene rings is 1. The Kier molecular flexibility index (Phi) is 4.68. The summed E-state index contributed by atoms with van der Waals surface area (Å²) in [4.78, 5) is 2.57. The largest absolute Gasteiger partial charge is 0.314 e. The van der Waals surface area contributed by atoms with Crippen LogP contribution in [0.4, 0.5) is 0 Å². The third-order valence-electron chi connectivity index (χ3n) is 4.30. The van der Waals surface area contributed by atoms with Gasteiger partial charge in [0.25, 0.3) is 0 Å². The van der Waals surface area contributed by atoms with Crippen LogP contribution in [0.25, 0.3) is 0 Å². The maximum atomic E-state index is 4.30. The molecule has 1 unspecified atom stereocenters. The predicted octanol–water partition coefficient (Wildman–Crippen LogP) is 2.09. The predicted molar refractivity (Wildman–Crippen MR) is 85.2 cm³/mol. The Balaban J connectivity index is 1.68. The number of rotatable bonds is 5. The van der Waals surface area contributed by atoms with Crippen molar-refractivity contribution in [3.63, 3.8) is 0 Å². The van der Waals surface area contributed by atoms with Crippen LogP contribution in [0.15, 0.2) is 42.7 Å². The molecule has 0 spiro atoms. The molecule has 1 aliphatic heterocycles. The topological polar surface area (TPSA) is 33.1 Å². The van der Waals surface area contributed by atoms with Crippen LogP contribution < -0.4 is 5.32 Å². The van der Waals surface area contributed by atoms with E-state index in [-0.39, 0.29) is 0 Å². The monoisotopic (exact) mass is 284 g/mol. The Morgan fingerprint density at radius 2 is 2.10 bits per heavy atom. The lowest BCUT2D eigenvalue weighted by Gasteiger charge is -2.36. The van der Waals surface area contributed by atoms with Crippen LogP contribution in [-0.2, 0) is 13.0 Å². The molecule has 1 aromatic heterocycles. The third-order valence-corrected chi connectivity index (χ3v) is 4.30. The number of hydrogen-bond donors (Lipinski definition) is 1. The SMILES string of the molecule is CCc1ccc(C2CNCCN2CCn2cccn2)cc1. The summed E-state index contributed by atoms with van der Waals surface area (Å²) in [5, 5.41) is 7.82. The van der Waals surface area contributed by atoms with Gasteiger partial charge in [-0.1, -0.05) is 31.2 Å². The highest BCUT2D eigenvalue weighted by Crippen LogP contribution is 2.22. The van der Waals surface area contributed by atoms with E-state index in [1.54, 1.807) is 0 Å². The van der Waals surface area contributed by atoms with Gasteiger partial charge in [0.1, 0.15) is 0 Å². The average molecular weight is 284 g/mol. The fourth-order valence-corrected chi connectivity index (χ4v) is 2.98. The first-order valence-electron chi connectivity index (χ1n) is 7.88. The summed E-state index contributed by atoms with van der Waals surface area (Å²) in [7, 11) is 0. The van der Waals surface area contributed by atoms with Crippen molar-refractivity contribution >= 4 is 0 Å². The number of aromatic nitrogens is 2. The minimum absolute atomic E-state index is 0.472. The van der Waals surface area contributed by atoms with Crippen LogP contribution in [0.3, 0.4) is 0 Å². The number of aryl methyl sites for hydroxylation is 1. The highest BCUT2D eigenvalue weighted by atomic mass is 15.3.